The molecule has 1 aromatic heterocycles. The summed E-state index contributed by atoms with van der Waals surface area (Å²) in [5.41, 5.74) is 0.562. The maximum absolute atomic E-state index is 12.0. The number of halogens is 1. The van der Waals surface area contributed by atoms with Gasteiger partial charge < -0.3 is 10.6 Å². The third kappa shape index (κ3) is 3.57. The number of amides is 1. The highest BCUT2D eigenvalue weighted by molar-refractivity contribution is 9.10. The molecule has 0 radical (unpaired) electrons. The molecular formula is C13H16BrN3O. The van der Waals surface area contributed by atoms with Gasteiger partial charge in [0, 0.05) is 23.8 Å². The second-order valence-electron chi connectivity index (χ2n) is 4.37. The smallest absolute Gasteiger partial charge is 0.255 e. The van der Waals surface area contributed by atoms with Crippen molar-refractivity contribution < 1.29 is 4.79 Å². The Labute approximate surface area is 115 Å². The van der Waals surface area contributed by atoms with E-state index in [4.69, 9.17) is 0 Å². The molecule has 18 heavy (non-hydrogen) atoms. The molecule has 0 unspecified atom stereocenters. The minimum Gasteiger partial charge on any atom is -0.369 e. The number of pyridine rings is 1. The fraction of sp³-hybridized carbons (Fsp3) is 0.385. The number of hydrogen-bond donors (Lipinski definition) is 2. The van der Waals surface area contributed by atoms with Gasteiger partial charge in [0.25, 0.3) is 5.91 Å². The Balaban J connectivity index is 2.10. The van der Waals surface area contributed by atoms with Crippen molar-refractivity contribution in [3.63, 3.8) is 0 Å². The summed E-state index contributed by atoms with van der Waals surface area (Å²) in [5, 5.41) is 6.00. The van der Waals surface area contributed by atoms with E-state index in [1.807, 2.05) is 0 Å². The van der Waals surface area contributed by atoms with Crippen molar-refractivity contribution in [1.29, 1.82) is 0 Å². The number of anilines is 1. The fourth-order valence-corrected chi connectivity index (χ4v) is 1.91. The van der Waals surface area contributed by atoms with Crippen molar-refractivity contribution in [3.8, 4) is 0 Å². The molecule has 1 aromatic rings. The molecule has 96 valence electrons. The van der Waals surface area contributed by atoms with Crippen LogP contribution in [0.2, 0.25) is 0 Å². The molecule has 0 bridgehead atoms. The summed E-state index contributed by atoms with van der Waals surface area (Å²) in [6.45, 7) is 4.92. The van der Waals surface area contributed by atoms with Gasteiger partial charge in [-0.05, 0) is 40.8 Å². The van der Waals surface area contributed by atoms with Gasteiger partial charge in [0.15, 0.2) is 0 Å². The predicted molar refractivity (Wildman–Crippen MR) is 75.7 cm³/mol. The Kier molecular flexibility index (Phi) is 4.36. The van der Waals surface area contributed by atoms with Gasteiger partial charge >= 0.3 is 0 Å². The van der Waals surface area contributed by atoms with Gasteiger partial charge in [0.2, 0.25) is 0 Å². The van der Waals surface area contributed by atoms with Crippen LogP contribution in [0.4, 0.5) is 5.82 Å². The molecule has 0 spiro atoms. The minimum absolute atomic E-state index is 0.137. The van der Waals surface area contributed by atoms with Crippen LogP contribution in [-0.2, 0) is 0 Å². The summed E-state index contributed by atoms with van der Waals surface area (Å²) in [7, 11) is 0. The molecule has 2 N–H and O–H groups in total. The number of nitrogens with one attached hydrogen (secondary N) is 2. The lowest BCUT2D eigenvalue weighted by Gasteiger charge is -2.10. The molecule has 1 heterocycles. The molecule has 0 atom stereocenters. The lowest BCUT2D eigenvalue weighted by atomic mass is 10.2. The van der Waals surface area contributed by atoms with Gasteiger partial charge in [-0.2, -0.15) is 0 Å². The third-order valence-corrected chi connectivity index (χ3v) is 3.19. The summed E-state index contributed by atoms with van der Waals surface area (Å²) in [6.07, 6.45) is 5.88. The predicted octanol–water partition coefficient (Wildman–Crippen LogP) is 2.58. The number of carbonyl (C=O) groups is 1. The molecule has 0 aliphatic heterocycles. The molecule has 5 heteroatoms. The van der Waals surface area contributed by atoms with E-state index in [1.165, 1.54) is 12.8 Å². The topological polar surface area (TPSA) is 54.0 Å². The van der Waals surface area contributed by atoms with E-state index >= 15 is 0 Å². The van der Waals surface area contributed by atoms with Crippen molar-refractivity contribution in [2.24, 2.45) is 5.92 Å². The van der Waals surface area contributed by atoms with Gasteiger partial charge in [0.1, 0.15) is 5.82 Å². The number of carbonyl (C=O) groups excluding carboxylic acids is 1. The zero-order valence-electron chi connectivity index (χ0n) is 10.1. The van der Waals surface area contributed by atoms with Crippen LogP contribution in [0.25, 0.3) is 0 Å². The maximum Gasteiger partial charge on any atom is 0.255 e. The highest BCUT2D eigenvalue weighted by Gasteiger charge is 2.22. The first kappa shape index (κ1) is 13.1. The first-order valence-corrected chi connectivity index (χ1v) is 6.78. The summed E-state index contributed by atoms with van der Waals surface area (Å²) in [4.78, 5) is 16.2. The Bertz CT molecular complexity index is 458. The molecule has 1 fully saturated rings. The van der Waals surface area contributed by atoms with Gasteiger partial charge in [0.05, 0.1) is 5.56 Å². The lowest BCUT2D eigenvalue weighted by Crippen LogP contribution is -2.25. The van der Waals surface area contributed by atoms with E-state index in [2.05, 4.69) is 38.1 Å². The Morgan fingerprint density at radius 2 is 2.39 bits per heavy atom. The van der Waals surface area contributed by atoms with Crippen LogP contribution < -0.4 is 10.6 Å². The van der Waals surface area contributed by atoms with Crippen molar-refractivity contribution in [2.75, 3.05) is 18.4 Å². The average molecular weight is 310 g/mol. The molecule has 0 aromatic carbocycles. The van der Waals surface area contributed by atoms with E-state index < -0.39 is 0 Å². The Morgan fingerprint density at radius 1 is 1.61 bits per heavy atom. The summed E-state index contributed by atoms with van der Waals surface area (Å²) in [5.74, 6) is 1.24. The lowest BCUT2D eigenvalue weighted by molar-refractivity contribution is 0.0958. The van der Waals surface area contributed by atoms with Crippen LogP contribution in [0.15, 0.2) is 29.4 Å². The highest BCUT2D eigenvalue weighted by atomic mass is 79.9. The number of nitrogens with zero attached hydrogens (tertiary/aromatic N) is 1. The second kappa shape index (κ2) is 6.00. The summed E-state index contributed by atoms with van der Waals surface area (Å²) < 4.78 is 0.795. The van der Waals surface area contributed by atoms with E-state index in [-0.39, 0.29) is 5.91 Å². The van der Waals surface area contributed by atoms with Gasteiger partial charge in [-0.1, -0.05) is 6.08 Å². The fourth-order valence-electron chi connectivity index (χ4n) is 1.58. The SMILES string of the molecule is C=CCNC(=O)c1cc(Br)cnc1NCC1CC1. The highest BCUT2D eigenvalue weighted by Crippen LogP contribution is 2.29. The summed E-state index contributed by atoms with van der Waals surface area (Å²) in [6, 6.07) is 1.78. The zero-order chi connectivity index (χ0) is 13.0. The first-order valence-electron chi connectivity index (χ1n) is 5.99. The average Bonchev–Trinajstić information content (AvgIpc) is 3.18. The molecule has 0 saturated heterocycles. The standard InChI is InChI=1S/C13H16BrN3O/c1-2-5-15-13(18)11-6-10(14)8-17-12(11)16-7-9-3-4-9/h2,6,8-9H,1,3-5,7H2,(H,15,18)(H,16,17). The van der Waals surface area contributed by atoms with Crippen molar-refractivity contribution >= 4 is 27.7 Å². The quantitative estimate of drug-likeness (QED) is 0.794. The van der Waals surface area contributed by atoms with Crippen molar-refractivity contribution in [2.45, 2.75) is 12.8 Å². The number of aromatic nitrogens is 1. The van der Waals surface area contributed by atoms with Crippen LogP contribution in [0.1, 0.15) is 23.2 Å². The number of rotatable bonds is 6. The van der Waals surface area contributed by atoms with E-state index in [9.17, 15) is 4.79 Å². The largest absolute Gasteiger partial charge is 0.369 e. The summed E-state index contributed by atoms with van der Waals surface area (Å²) >= 11 is 3.33. The normalized spacial score (nSPS) is 14.1. The van der Waals surface area contributed by atoms with Crippen LogP contribution in [-0.4, -0.2) is 24.0 Å². The molecule has 2 rings (SSSR count). The van der Waals surface area contributed by atoms with E-state index in [0.717, 1.165) is 16.9 Å². The molecule has 1 saturated carbocycles. The van der Waals surface area contributed by atoms with Crippen molar-refractivity contribution in [3.05, 3.63) is 35.0 Å². The Morgan fingerprint density at radius 3 is 3.06 bits per heavy atom. The zero-order valence-corrected chi connectivity index (χ0v) is 11.7. The van der Waals surface area contributed by atoms with E-state index in [0.29, 0.717) is 17.9 Å². The van der Waals surface area contributed by atoms with Crippen molar-refractivity contribution in [1.82, 2.24) is 10.3 Å². The molecule has 1 amide bonds. The third-order valence-electron chi connectivity index (χ3n) is 2.76. The monoisotopic (exact) mass is 309 g/mol. The van der Waals surface area contributed by atoms with Gasteiger partial charge in [-0.15, -0.1) is 6.58 Å². The van der Waals surface area contributed by atoms with Gasteiger partial charge in [-0.3, -0.25) is 4.79 Å². The maximum atomic E-state index is 12.0. The van der Waals surface area contributed by atoms with Crippen LogP contribution >= 0.6 is 15.9 Å². The van der Waals surface area contributed by atoms with E-state index in [1.54, 1.807) is 18.3 Å². The van der Waals surface area contributed by atoms with Crippen LogP contribution in [0.3, 0.4) is 0 Å². The van der Waals surface area contributed by atoms with Gasteiger partial charge in [-0.25, -0.2) is 4.98 Å². The number of hydrogen-bond acceptors (Lipinski definition) is 3. The first-order chi connectivity index (χ1) is 8.70. The molecule has 1 aliphatic rings. The Hall–Kier alpha value is -1.36. The minimum atomic E-state index is -0.137. The molecule has 4 nitrogen and oxygen atoms in total. The van der Waals surface area contributed by atoms with Crippen LogP contribution in [0, 0.1) is 5.92 Å². The molecular weight excluding hydrogens is 294 g/mol. The van der Waals surface area contributed by atoms with Crippen LogP contribution in [0.5, 0.6) is 0 Å². The molecule has 1 aliphatic carbocycles. The second-order valence-corrected chi connectivity index (χ2v) is 5.29.